The summed E-state index contributed by atoms with van der Waals surface area (Å²) in [7, 11) is -0.378. The van der Waals surface area contributed by atoms with Crippen LogP contribution in [0.5, 0.6) is 0 Å². The molecule has 0 aromatic rings. The fourth-order valence-corrected chi connectivity index (χ4v) is 2.36. The largest absolute Gasteiger partial charge is 0.395 e. The quantitative estimate of drug-likeness (QED) is 0.637. The average Bonchev–Trinajstić information content (AvgIpc) is 2.16. The van der Waals surface area contributed by atoms with E-state index >= 15 is 0 Å². The van der Waals surface area contributed by atoms with Gasteiger partial charge in [-0.1, -0.05) is 6.92 Å². The molecule has 0 heterocycles. The van der Waals surface area contributed by atoms with Crippen molar-refractivity contribution < 1.29 is 18.3 Å². The van der Waals surface area contributed by atoms with Gasteiger partial charge in [-0.2, -0.15) is 4.31 Å². The van der Waals surface area contributed by atoms with E-state index in [9.17, 15) is 13.2 Å². The molecule has 0 atom stereocenters. The van der Waals surface area contributed by atoms with Gasteiger partial charge in [0.05, 0.1) is 18.9 Å². The fraction of sp³-hybridized carbons (Fsp3) is 0.889. The number of rotatable bonds is 7. The first-order valence-electron chi connectivity index (χ1n) is 5.14. The first-order chi connectivity index (χ1) is 7.35. The molecule has 0 unspecified atom stereocenters. The van der Waals surface area contributed by atoms with Gasteiger partial charge in [-0.3, -0.25) is 4.79 Å². The molecule has 0 aliphatic carbocycles. The Bertz CT molecular complexity index is 313. The highest BCUT2D eigenvalue weighted by Gasteiger charge is 2.23. The standard InChI is InChI=1S/C9H20N2O4S/c1-4-5-11(8-9(13)10(2)3)16(14,15)7-6-12/h12H,4-8H2,1-3H3. The van der Waals surface area contributed by atoms with E-state index in [1.807, 2.05) is 6.92 Å². The van der Waals surface area contributed by atoms with Crippen molar-refractivity contribution in [2.75, 3.05) is 39.5 Å². The van der Waals surface area contributed by atoms with Gasteiger partial charge in [0.1, 0.15) is 0 Å². The summed E-state index contributed by atoms with van der Waals surface area (Å²) in [5, 5.41) is 8.66. The van der Waals surface area contributed by atoms with Crippen LogP contribution in [0.3, 0.4) is 0 Å². The number of nitrogens with zero attached hydrogens (tertiary/aromatic N) is 2. The molecule has 0 radical (unpaired) electrons. The topological polar surface area (TPSA) is 77.9 Å². The maximum Gasteiger partial charge on any atom is 0.237 e. The van der Waals surface area contributed by atoms with Gasteiger partial charge in [0.25, 0.3) is 0 Å². The van der Waals surface area contributed by atoms with Gasteiger partial charge in [0.15, 0.2) is 0 Å². The zero-order valence-electron chi connectivity index (χ0n) is 10.0. The van der Waals surface area contributed by atoms with E-state index in [1.165, 1.54) is 4.90 Å². The predicted molar refractivity (Wildman–Crippen MR) is 61.4 cm³/mol. The van der Waals surface area contributed by atoms with Gasteiger partial charge in [-0.15, -0.1) is 0 Å². The third kappa shape index (κ3) is 4.91. The fourth-order valence-electron chi connectivity index (χ4n) is 1.10. The van der Waals surface area contributed by atoms with Crippen molar-refractivity contribution in [2.45, 2.75) is 13.3 Å². The van der Waals surface area contributed by atoms with Gasteiger partial charge in [0.2, 0.25) is 15.9 Å². The average molecular weight is 252 g/mol. The van der Waals surface area contributed by atoms with Crippen LogP contribution in [-0.2, 0) is 14.8 Å². The van der Waals surface area contributed by atoms with Crippen LogP contribution in [0.25, 0.3) is 0 Å². The minimum atomic E-state index is -3.53. The van der Waals surface area contributed by atoms with Crippen molar-refractivity contribution in [2.24, 2.45) is 0 Å². The lowest BCUT2D eigenvalue weighted by Crippen LogP contribution is -2.42. The first-order valence-corrected chi connectivity index (χ1v) is 6.75. The normalized spacial score (nSPS) is 11.8. The first kappa shape index (κ1) is 15.3. The zero-order valence-corrected chi connectivity index (χ0v) is 10.8. The van der Waals surface area contributed by atoms with E-state index in [4.69, 9.17) is 5.11 Å². The summed E-state index contributed by atoms with van der Waals surface area (Å²) in [6.45, 7) is 1.53. The molecule has 0 saturated heterocycles. The highest BCUT2D eigenvalue weighted by Crippen LogP contribution is 2.03. The van der Waals surface area contributed by atoms with Crippen LogP contribution >= 0.6 is 0 Å². The molecule has 1 amide bonds. The minimum Gasteiger partial charge on any atom is -0.395 e. The molecule has 0 aromatic carbocycles. The SMILES string of the molecule is CCCN(CC(=O)N(C)C)S(=O)(=O)CCO. The van der Waals surface area contributed by atoms with E-state index in [1.54, 1.807) is 14.1 Å². The molecule has 0 spiro atoms. The Morgan fingerprint density at radius 3 is 2.25 bits per heavy atom. The molecular formula is C9H20N2O4S. The molecule has 0 aliphatic heterocycles. The second-order valence-electron chi connectivity index (χ2n) is 3.66. The van der Waals surface area contributed by atoms with Crippen molar-refractivity contribution in [3.63, 3.8) is 0 Å². The highest BCUT2D eigenvalue weighted by molar-refractivity contribution is 7.89. The number of carbonyl (C=O) groups is 1. The van der Waals surface area contributed by atoms with Gasteiger partial charge in [-0.25, -0.2) is 8.42 Å². The Labute approximate surface area is 96.9 Å². The number of carbonyl (C=O) groups excluding carboxylic acids is 1. The predicted octanol–water partition coefficient (Wildman–Crippen LogP) is -0.891. The molecule has 7 heteroatoms. The number of hydrogen-bond donors (Lipinski definition) is 1. The van der Waals surface area contributed by atoms with Crippen LogP contribution < -0.4 is 0 Å². The molecule has 16 heavy (non-hydrogen) atoms. The van der Waals surface area contributed by atoms with E-state index in [0.29, 0.717) is 13.0 Å². The van der Waals surface area contributed by atoms with Crippen LogP contribution in [0, 0.1) is 0 Å². The number of hydrogen-bond acceptors (Lipinski definition) is 4. The summed E-state index contributed by atoms with van der Waals surface area (Å²) in [5.74, 6) is -0.608. The van der Waals surface area contributed by atoms with Crippen molar-refractivity contribution in [3.8, 4) is 0 Å². The Morgan fingerprint density at radius 2 is 1.88 bits per heavy atom. The highest BCUT2D eigenvalue weighted by atomic mass is 32.2. The molecule has 0 fully saturated rings. The molecule has 0 saturated carbocycles. The molecule has 0 rings (SSSR count). The lowest BCUT2D eigenvalue weighted by atomic mass is 10.4. The van der Waals surface area contributed by atoms with Gasteiger partial charge >= 0.3 is 0 Å². The zero-order chi connectivity index (χ0) is 12.8. The molecule has 0 bridgehead atoms. The number of aliphatic hydroxyl groups excluding tert-OH is 1. The van der Waals surface area contributed by atoms with Gasteiger partial charge in [0, 0.05) is 20.6 Å². The van der Waals surface area contributed by atoms with Crippen LogP contribution in [0.4, 0.5) is 0 Å². The van der Waals surface area contributed by atoms with Crippen molar-refractivity contribution in [1.82, 2.24) is 9.21 Å². The smallest absolute Gasteiger partial charge is 0.237 e. The summed E-state index contributed by atoms with van der Waals surface area (Å²) >= 11 is 0. The lowest BCUT2D eigenvalue weighted by molar-refractivity contribution is -0.128. The molecule has 0 aromatic heterocycles. The molecule has 0 aliphatic rings. The monoisotopic (exact) mass is 252 g/mol. The Kier molecular flexibility index (Phi) is 6.54. The third-order valence-electron chi connectivity index (χ3n) is 2.03. The minimum absolute atomic E-state index is 0.164. The van der Waals surface area contributed by atoms with Crippen LogP contribution in [-0.4, -0.2) is 68.2 Å². The number of aliphatic hydroxyl groups is 1. The number of amides is 1. The maximum atomic E-state index is 11.7. The molecule has 96 valence electrons. The van der Waals surface area contributed by atoms with E-state index in [-0.39, 0.29) is 18.2 Å². The Hall–Kier alpha value is -0.660. The van der Waals surface area contributed by atoms with E-state index in [2.05, 4.69) is 0 Å². The van der Waals surface area contributed by atoms with Crippen molar-refractivity contribution in [3.05, 3.63) is 0 Å². The van der Waals surface area contributed by atoms with E-state index in [0.717, 1.165) is 4.31 Å². The van der Waals surface area contributed by atoms with Crippen LogP contribution in [0.2, 0.25) is 0 Å². The summed E-state index contributed by atoms with van der Waals surface area (Å²) in [6.07, 6.45) is 0.630. The number of likely N-dealkylation sites (N-methyl/N-ethyl adjacent to an activating group) is 1. The third-order valence-corrected chi connectivity index (χ3v) is 3.82. The summed E-state index contributed by atoms with van der Waals surface area (Å²) in [5.41, 5.74) is 0. The maximum absolute atomic E-state index is 11.7. The van der Waals surface area contributed by atoms with Gasteiger partial charge < -0.3 is 10.0 Å². The molecular weight excluding hydrogens is 232 g/mol. The number of sulfonamides is 1. The van der Waals surface area contributed by atoms with E-state index < -0.39 is 16.6 Å². The Morgan fingerprint density at radius 1 is 1.31 bits per heavy atom. The molecule has 1 N–H and O–H groups in total. The second-order valence-corrected chi connectivity index (χ2v) is 5.75. The summed E-state index contributed by atoms with van der Waals surface area (Å²) in [4.78, 5) is 12.8. The summed E-state index contributed by atoms with van der Waals surface area (Å²) < 4.78 is 24.5. The van der Waals surface area contributed by atoms with Crippen molar-refractivity contribution in [1.29, 1.82) is 0 Å². The van der Waals surface area contributed by atoms with Gasteiger partial charge in [-0.05, 0) is 6.42 Å². The second kappa shape index (κ2) is 6.82. The lowest BCUT2D eigenvalue weighted by Gasteiger charge is -2.22. The molecule has 6 nitrogen and oxygen atoms in total. The Balaban J connectivity index is 4.68. The van der Waals surface area contributed by atoms with Crippen LogP contribution in [0.1, 0.15) is 13.3 Å². The van der Waals surface area contributed by atoms with Crippen molar-refractivity contribution >= 4 is 15.9 Å². The van der Waals surface area contributed by atoms with Crippen LogP contribution in [0.15, 0.2) is 0 Å². The summed E-state index contributed by atoms with van der Waals surface area (Å²) in [6, 6.07) is 0.